The maximum atomic E-state index is 2.62. The van der Waals surface area contributed by atoms with Crippen LogP contribution in [0.25, 0.3) is 12.2 Å². The summed E-state index contributed by atoms with van der Waals surface area (Å²) in [6, 6.07) is 17.8. The van der Waals surface area contributed by atoms with Crippen molar-refractivity contribution in [2.24, 2.45) is 224 Å². The zero-order valence-electron chi connectivity index (χ0n) is 106. The third kappa shape index (κ3) is 44.3. The van der Waals surface area contributed by atoms with Crippen LogP contribution in [0.2, 0.25) is 0 Å². The number of hydrogen-bond acceptors (Lipinski definition) is 0. The molecule has 2 aromatic carbocycles. The summed E-state index contributed by atoms with van der Waals surface area (Å²) in [6.45, 7) is 60.5. The number of unbranched alkanes of at least 4 members (excludes halogenated alkanes) is 1. The fourth-order valence-corrected chi connectivity index (χ4v) is 32.2. The fourth-order valence-electron chi connectivity index (χ4n) is 32.2. The monoisotopic (exact) mass is 2750 g/mol. The van der Waals surface area contributed by atoms with Crippen LogP contribution in [0.15, 0.2) is 84.0 Å². The van der Waals surface area contributed by atoms with Crippen LogP contribution in [-0.4, -0.2) is 0 Å². The van der Waals surface area contributed by atoms with Crippen molar-refractivity contribution in [3.05, 3.63) is 255 Å². The standard InChI is InChI=1S/C23H40.C18H24.C14H24.C14H16.C13H18.2C10H20.2C9H18.20CH3.4Hf.Zr/c1-14-15(2)17(4)23(16(14)3)13-19-10-12-22-20-8-6-5-7-18(20)9-11-21(19)22;1-18(2,3)12-14-9-11-17-15-7-5-4-6-13(15)8-10-16(14)17;2*1-10-6-7-12-9-8-11-4-2-3-5-13(11)14(10)12;1-9-5-6-12-7-10-3-2-4-11(10)8-13(9)12;2*1-6-7(2)9(4)10(5)8(6)3;1-6-5-7(2)9(4)8(6)3;1-2-3-6-9-7-4-5-8-9;;;;;;;;;;;;;;;;;;;;;;;;;/h14-23H,5-13H2,1-4H3;4-8,10,14,16-17H,9,11-12H2,1-3H3;10-14H,2-9H2,1H3;2-5,8-10,12,14H,6-7H2,1H3;7-9,12-13H,2-6H2,1H3;2*6-10H,1-5H3;6-9H,5H2,1-4H3;9H,2-8H2,1H3;20*1H3;;;;;/q;;;;;;;;;20*-1;5*+4. The van der Waals surface area contributed by atoms with Gasteiger partial charge in [-0.05, 0) is 404 Å². The molecule has 0 radical (unpaired) electrons. The Morgan fingerprint density at radius 2 is 0.676 bits per heavy atom. The molecule has 0 aliphatic heterocycles. The Kier molecular flexibility index (Phi) is 101. The van der Waals surface area contributed by atoms with E-state index in [4.69, 9.17) is 0 Å². The summed E-state index contributed by atoms with van der Waals surface area (Å²) < 4.78 is 0. The number of allylic oxidation sites excluding steroid dienone is 6. The smallest absolute Gasteiger partial charge is 0.358 e. The molecule has 0 spiro atoms. The van der Waals surface area contributed by atoms with Crippen molar-refractivity contribution in [1.29, 1.82) is 0 Å². The summed E-state index contributed by atoms with van der Waals surface area (Å²) in [6.07, 6.45) is 67.3. The van der Waals surface area contributed by atoms with Crippen molar-refractivity contribution in [1.82, 2.24) is 0 Å². The van der Waals surface area contributed by atoms with Crippen LogP contribution < -0.4 is 0 Å². The van der Waals surface area contributed by atoms with Crippen LogP contribution in [0.5, 0.6) is 0 Å². The minimum atomic E-state index is 0. The minimum absolute atomic E-state index is 0. The van der Waals surface area contributed by atoms with E-state index < -0.39 is 0 Å². The molecule has 145 heavy (non-hydrogen) atoms. The van der Waals surface area contributed by atoms with Crippen LogP contribution >= 0.6 is 0 Å². The Balaban J connectivity index is -0.000000110. The van der Waals surface area contributed by atoms with Crippen LogP contribution in [0.1, 0.15) is 432 Å². The van der Waals surface area contributed by atoms with E-state index in [1.54, 1.807) is 112 Å². The molecule has 0 amide bonds. The van der Waals surface area contributed by atoms with E-state index in [-0.39, 0.29) is 278 Å². The van der Waals surface area contributed by atoms with Crippen molar-refractivity contribution in [2.45, 2.75) is 410 Å². The Labute approximate surface area is 1020 Å². The van der Waals surface area contributed by atoms with Gasteiger partial charge in [-0.15, -0.1) is 0 Å². The van der Waals surface area contributed by atoms with Gasteiger partial charge in [0.2, 0.25) is 0 Å². The molecule has 0 N–H and O–H groups in total. The second-order valence-corrected chi connectivity index (χ2v) is 49.3. The van der Waals surface area contributed by atoms with Gasteiger partial charge in [-0.1, -0.05) is 348 Å². The fraction of sp³-hybridized carbons (Fsp3) is 0.714. The third-order valence-corrected chi connectivity index (χ3v) is 42.2. The van der Waals surface area contributed by atoms with Gasteiger partial charge in [0, 0.05) is 0 Å². The summed E-state index contributed by atoms with van der Waals surface area (Å²) in [4.78, 5) is 0. The van der Waals surface area contributed by atoms with Crippen LogP contribution in [0.3, 0.4) is 0 Å². The minimum Gasteiger partial charge on any atom is -0.358 e. The van der Waals surface area contributed by atoms with Crippen molar-refractivity contribution in [3.63, 3.8) is 0 Å². The molecule has 15 fully saturated rings. The molecule has 18 aliphatic rings. The van der Waals surface area contributed by atoms with Gasteiger partial charge in [-0.25, -0.2) is 0 Å². The molecule has 27 unspecified atom stereocenters. The van der Waals surface area contributed by atoms with E-state index in [1.165, 1.54) is 146 Å². The first-order valence-corrected chi connectivity index (χ1v) is 54.3. The van der Waals surface area contributed by atoms with Gasteiger partial charge in [-0.3, -0.25) is 0 Å². The van der Waals surface area contributed by atoms with Gasteiger partial charge in [0.15, 0.2) is 0 Å². The number of hydrogen-bond donors (Lipinski definition) is 0. The molecule has 18 aliphatic carbocycles. The van der Waals surface area contributed by atoms with Crippen molar-refractivity contribution in [3.8, 4) is 0 Å². The van der Waals surface area contributed by atoms with E-state index in [1.807, 2.05) is 0 Å². The molecule has 0 bridgehead atoms. The first kappa shape index (κ1) is 177. The van der Waals surface area contributed by atoms with E-state index >= 15 is 0 Å². The summed E-state index contributed by atoms with van der Waals surface area (Å²) >= 11 is 0. The van der Waals surface area contributed by atoms with Gasteiger partial charge >= 0.3 is 130 Å². The zero-order chi connectivity index (χ0) is 86.1. The SMILES string of the molecule is CC(C)(C)CC1CCC2c3ccccc3C=CC12.CC1C(C)C(C)C(C)C1C.CC1C(C)C(C)C(C)C1C.CC1C(C)C(C)C(CC2CCC3C4CCCCC4CCC23)C1C.CC1CC(C)C(C)C1C.CC1CCC2C=C3CCCC3=CC12.CC1CCC2C=Cc3ccccc3C12.CC1CCC2CCC3CCCCC3C12.CCCCC1CCCC1.[CH3-].[CH3-].[CH3-].[CH3-].[CH3-].[CH3-].[CH3-].[CH3-].[CH3-].[CH3-].[CH3-].[CH3-].[CH3-].[CH3-].[CH3-].[CH3-].[CH3-].[CH3-].[CH3-].[CH3-].[Hf+4].[Hf+4].[Hf+4].[Hf+4].[Zr+4]. The van der Waals surface area contributed by atoms with Crippen LogP contribution in [0, 0.1) is 373 Å². The number of rotatable bonds is 6. The molecular formula is C140H258Hf4Zr. The summed E-state index contributed by atoms with van der Waals surface area (Å²) in [5, 5.41) is 0. The maximum absolute atomic E-state index is 2.62. The largest absolute Gasteiger partial charge is 4.00 e. The molecule has 15 saturated carbocycles. The molecule has 0 aromatic heterocycles. The topological polar surface area (TPSA) is 0 Å². The molecule has 27 atom stereocenters. The van der Waals surface area contributed by atoms with Gasteiger partial charge in [0.25, 0.3) is 0 Å². The summed E-state index contributed by atoms with van der Waals surface area (Å²) in [5.74, 6) is 38.1. The van der Waals surface area contributed by atoms with E-state index in [9.17, 15) is 0 Å². The number of benzene rings is 2. The van der Waals surface area contributed by atoms with Crippen LogP contribution in [0.4, 0.5) is 0 Å². The summed E-state index contributed by atoms with van der Waals surface area (Å²) in [7, 11) is 0. The Bertz CT molecular complexity index is 3380. The predicted molar refractivity (Wildman–Crippen MR) is 656 cm³/mol. The molecule has 0 saturated heterocycles. The normalized spacial score (nSPS) is 37.0. The molecule has 20 rings (SSSR count). The van der Waals surface area contributed by atoms with Crippen molar-refractivity contribution < 1.29 is 130 Å². The quantitative estimate of drug-likeness (QED) is 0.200. The van der Waals surface area contributed by atoms with Crippen LogP contribution in [-0.2, 0) is 130 Å². The Morgan fingerprint density at radius 3 is 1.15 bits per heavy atom. The molecule has 2 aromatic rings. The van der Waals surface area contributed by atoms with E-state index in [2.05, 4.69) is 258 Å². The average Bonchev–Trinajstić information content (AvgIpc) is 1.63. The molecular weight excluding hydrogens is 2490 g/mol. The third-order valence-electron chi connectivity index (χ3n) is 42.2. The molecule has 0 heterocycles. The van der Waals surface area contributed by atoms with E-state index in [0.717, 1.165) is 231 Å². The molecule has 5 heteroatoms. The van der Waals surface area contributed by atoms with Crippen molar-refractivity contribution >= 4 is 12.2 Å². The number of fused-ring (bicyclic) bond motifs is 14. The second kappa shape index (κ2) is 83.1. The summed E-state index contributed by atoms with van der Waals surface area (Å²) in [5.41, 5.74) is 9.96. The Hall–Kier alpha value is 1.76. The second-order valence-electron chi connectivity index (χ2n) is 49.3. The first-order valence-electron chi connectivity index (χ1n) is 54.3. The van der Waals surface area contributed by atoms with E-state index in [0.29, 0.717) is 5.41 Å². The van der Waals surface area contributed by atoms with Gasteiger partial charge in [0.1, 0.15) is 0 Å². The van der Waals surface area contributed by atoms with Gasteiger partial charge in [-0.2, -0.15) is 0 Å². The first-order chi connectivity index (χ1) is 57.3. The average molecular weight is 2750 g/mol. The predicted octanol–water partition coefficient (Wildman–Crippen LogP) is 45.5. The zero-order valence-corrected chi connectivity index (χ0v) is 123. The van der Waals surface area contributed by atoms with Crippen molar-refractivity contribution in [2.75, 3.05) is 0 Å². The van der Waals surface area contributed by atoms with Gasteiger partial charge < -0.3 is 149 Å². The van der Waals surface area contributed by atoms with Gasteiger partial charge in [0.05, 0.1) is 0 Å². The molecule has 838 valence electrons. The molecule has 0 nitrogen and oxygen atoms in total. The maximum Gasteiger partial charge on any atom is 4.00 e. The Morgan fingerprint density at radius 1 is 0.297 bits per heavy atom.